The number of nitrogen functional groups attached to an aromatic ring is 1. The number of carbonyl (C=O) groups is 2. The number of nitrogens with two attached hydrogens (primary N) is 1. The van der Waals surface area contributed by atoms with Gasteiger partial charge in [0.25, 0.3) is 0 Å². The van der Waals surface area contributed by atoms with E-state index in [1.807, 2.05) is 38.6 Å². The van der Waals surface area contributed by atoms with Gasteiger partial charge in [0, 0.05) is 42.2 Å². The molecule has 0 saturated carbocycles. The number of likely N-dealkylation sites (tertiary alicyclic amines) is 1. The van der Waals surface area contributed by atoms with Crippen molar-refractivity contribution in [3.05, 3.63) is 62.7 Å². The van der Waals surface area contributed by atoms with E-state index in [2.05, 4.69) is 15.2 Å². The van der Waals surface area contributed by atoms with E-state index in [9.17, 15) is 9.59 Å². The van der Waals surface area contributed by atoms with Gasteiger partial charge in [-0.3, -0.25) is 9.78 Å². The number of aromatic nitrogens is 1. The zero-order chi connectivity index (χ0) is 23.0. The first-order valence-corrected chi connectivity index (χ1v) is 13.1. The number of rotatable bonds is 10. The summed E-state index contributed by atoms with van der Waals surface area (Å²) < 4.78 is 0. The minimum absolute atomic E-state index is 0.0654. The lowest BCUT2D eigenvalue weighted by atomic mass is 10.1. The van der Waals surface area contributed by atoms with Crippen LogP contribution in [0.1, 0.15) is 40.9 Å². The van der Waals surface area contributed by atoms with Crippen molar-refractivity contribution in [3.63, 3.8) is 0 Å². The number of ketones is 1. The highest BCUT2D eigenvalue weighted by molar-refractivity contribution is 7.08. The fourth-order valence-electron chi connectivity index (χ4n) is 3.93. The van der Waals surface area contributed by atoms with E-state index in [0.29, 0.717) is 24.5 Å². The molecule has 7 nitrogen and oxygen atoms in total. The number of nitrogens with one attached hydrogen (secondary N) is 1. The highest BCUT2D eigenvalue weighted by Gasteiger charge is 2.17. The number of hydrogen-bond acceptors (Lipinski definition) is 7. The van der Waals surface area contributed by atoms with Crippen LogP contribution in [0, 0.1) is 0 Å². The summed E-state index contributed by atoms with van der Waals surface area (Å²) in [4.78, 5) is 34.1. The Labute approximate surface area is 202 Å². The first kappa shape index (κ1) is 23.4. The molecule has 0 spiro atoms. The van der Waals surface area contributed by atoms with Gasteiger partial charge in [0.15, 0.2) is 5.78 Å². The van der Waals surface area contributed by atoms with Gasteiger partial charge in [-0.15, -0.1) is 11.3 Å². The quantitative estimate of drug-likeness (QED) is 0.407. The monoisotopic (exact) mass is 483 g/mol. The van der Waals surface area contributed by atoms with Gasteiger partial charge in [-0.2, -0.15) is 11.3 Å². The molecule has 3 aromatic rings. The minimum atomic E-state index is -0.122. The van der Waals surface area contributed by atoms with Gasteiger partial charge < -0.3 is 20.9 Å². The standard InChI is InChI=1S/C24H29N5O2S2/c25-21-17-33-15-19(21)12-23(30)22-5-4-18(13-26-22)14-29(10-3-9-28-7-1-2-8-28)24(31)27-20-6-11-32-16-20/h4-6,11,13,15-17H,1-3,7-10,12,14,25H2,(H,27,31). The van der Waals surface area contributed by atoms with Gasteiger partial charge in [0.1, 0.15) is 5.69 Å². The average molecular weight is 484 g/mol. The van der Waals surface area contributed by atoms with Gasteiger partial charge in [-0.1, -0.05) is 6.07 Å². The van der Waals surface area contributed by atoms with Crippen LogP contribution < -0.4 is 11.1 Å². The normalized spacial score (nSPS) is 13.8. The van der Waals surface area contributed by atoms with Crippen molar-refractivity contribution >= 4 is 45.9 Å². The van der Waals surface area contributed by atoms with Crippen LogP contribution >= 0.6 is 22.7 Å². The number of nitrogens with zero attached hydrogens (tertiary/aromatic N) is 3. The van der Waals surface area contributed by atoms with Crippen molar-refractivity contribution < 1.29 is 9.59 Å². The van der Waals surface area contributed by atoms with E-state index >= 15 is 0 Å². The second kappa shape index (κ2) is 11.4. The number of thiophene rings is 2. The Morgan fingerprint density at radius 1 is 1.12 bits per heavy atom. The van der Waals surface area contributed by atoms with Crippen LogP contribution in [-0.2, 0) is 13.0 Å². The van der Waals surface area contributed by atoms with E-state index in [4.69, 9.17) is 5.73 Å². The predicted octanol–water partition coefficient (Wildman–Crippen LogP) is 4.73. The Kier molecular flexibility index (Phi) is 8.09. The fourth-order valence-corrected chi connectivity index (χ4v) is 5.26. The molecule has 1 aliphatic rings. The molecule has 0 atom stereocenters. The van der Waals surface area contributed by atoms with Crippen LogP contribution in [0.4, 0.5) is 16.2 Å². The molecule has 0 aromatic carbocycles. The van der Waals surface area contributed by atoms with E-state index < -0.39 is 0 Å². The average Bonchev–Trinajstić information content (AvgIpc) is 3.58. The maximum Gasteiger partial charge on any atom is 0.322 e. The number of Topliss-reactive ketones (excluding diaryl/α,β-unsaturated/α-hetero) is 1. The lowest BCUT2D eigenvalue weighted by molar-refractivity contribution is 0.0988. The summed E-state index contributed by atoms with van der Waals surface area (Å²) >= 11 is 3.04. The summed E-state index contributed by atoms with van der Waals surface area (Å²) in [7, 11) is 0. The molecule has 4 heterocycles. The summed E-state index contributed by atoms with van der Waals surface area (Å²) in [5.41, 5.74) is 9.49. The molecule has 1 fully saturated rings. The molecular weight excluding hydrogens is 454 g/mol. The van der Waals surface area contributed by atoms with Gasteiger partial charge >= 0.3 is 6.03 Å². The molecule has 0 unspecified atom stereocenters. The van der Waals surface area contributed by atoms with Crippen molar-refractivity contribution in [1.29, 1.82) is 0 Å². The summed E-state index contributed by atoms with van der Waals surface area (Å²) in [6.07, 6.45) is 5.38. The molecule has 1 saturated heterocycles. The molecule has 2 amide bonds. The van der Waals surface area contributed by atoms with Crippen molar-refractivity contribution in [2.75, 3.05) is 37.2 Å². The third-order valence-corrected chi connectivity index (χ3v) is 7.27. The van der Waals surface area contributed by atoms with E-state index in [1.54, 1.807) is 23.6 Å². The number of hydrogen-bond donors (Lipinski definition) is 2. The number of urea groups is 1. The maximum absolute atomic E-state index is 12.9. The lowest BCUT2D eigenvalue weighted by Crippen LogP contribution is -2.36. The van der Waals surface area contributed by atoms with Gasteiger partial charge in [0.05, 0.1) is 5.69 Å². The molecule has 3 N–H and O–H groups in total. The molecule has 0 bridgehead atoms. The van der Waals surface area contributed by atoms with Crippen molar-refractivity contribution in [1.82, 2.24) is 14.8 Å². The Bertz CT molecular complexity index is 1040. The van der Waals surface area contributed by atoms with E-state index in [1.165, 1.54) is 24.2 Å². The zero-order valence-corrected chi connectivity index (χ0v) is 20.2. The molecular formula is C24H29N5O2S2. The highest BCUT2D eigenvalue weighted by Crippen LogP contribution is 2.19. The number of pyridine rings is 1. The van der Waals surface area contributed by atoms with Crippen LogP contribution in [0.15, 0.2) is 45.9 Å². The third-order valence-electron chi connectivity index (χ3n) is 5.77. The van der Waals surface area contributed by atoms with Gasteiger partial charge in [-0.05, 0) is 72.9 Å². The van der Waals surface area contributed by atoms with Crippen LogP contribution in [0.2, 0.25) is 0 Å². The highest BCUT2D eigenvalue weighted by atomic mass is 32.1. The van der Waals surface area contributed by atoms with Crippen LogP contribution in [0.3, 0.4) is 0 Å². The van der Waals surface area contributed by atoms with E-state index in [-0.39, 0.29) is 18.2 Å². The summed E-state index contributed by atoms with van der Waals surface area (Å²) in [5, 5.41) is 10.6. The number of amides is 2. The van der Waals surface area contributed by atoms with Crippen LogP contribution in [0.5, 0.6) is 0 Å². The lowest BCUT2D eigenvalue weighted by Gasteiger charge is -2.24. The van der Waals surface area contributed by atoms with Crippen molar-refractivity contribution in [3.8, 4) is 0 Å². The van der Waals surface area contributed by atoms with Gasteiger partial charge in [-0.25, -0.2) is 4.79 Å². The third kappa shape index (κ3) is 6.63. The first-order chi connectivity index (χ1) is 16.1. The molecule has 3 aromatic heterocycles. The molecule has 1 aliphatic heterocycles. The maximum atomic E-state index is 12.9. The fraction of sp³-hybridized carbons (Fsp3) is 0.375. The smallest absolute Gasteiger partial charge is 0.322 e. The Hall–Kier alpha value is -2.75. The van der Waals surface area contributed by atoms with Crippen LogP contribution in [-0.4, -0.2) is 52.8 Å². The number of carbonyl (C=O) groups excluding carboxylic acids is 2. The largest absolute Gasteiger partial charge is 0.398 e. The Morgan fingerprint density at radius 2 is 1.97 bits per heavy atom. The van der Waals surface area contributed by atoms with Crippen molar-refractivity contribution in [2.24, 2.45) is 0 Å². The molecule has 0 aliphatic carbocycles. The molecule has 33 heavy (non-hydrogen) atoms. The van der Waals surface area contributed by atoms with Crippen molar-refractivity contribution in [2.45, 2.75) is 32.2 Å². The van der Waals surface area contributed by atoms with Gasteiger partial charge in [0.2, 0.25) is 0 Å². The molecule has 174 valence electrons. The molecule has 4 rings (SSSR count). The first-order valence-electron chi connectivity index (χ1n) is 11.2. The summed E-state index contributed by atoms with van der Waals surface area (Å²) in [6, 6.07) is 5.39. The predicted molar refractivity (Wildman–Crippen MR) is 135 cm³/mol. The Morgan fingerprint density at radius 3 is 2.64 bits per heavy atom. The molecule has 0 radical (unpaired) electrons. The second-order valence-corrected chi connectivity index (χ2v) is 9.79. The number of anilines is 2. The minimum Gasteiger partial charge on any atom is -0.398 e. The topological polar surface area (TPSA) is 91.6 Å². The Balaban J connectivity index is 1.37. The SMILES string of the molecule is Nc1cscc1CC(=O)c1ccc(CN(CCCN2CCCC2)C(=O)Nc2ccsc2)cn1. The van der Waals surface area contributed by atoms with E-state index in [0.717, 1.165) is 42.9 Å². The summed E-state index contributed by atoms with van der Waals surface area (Å²) in [5.74, 6) is -0.0654. The summed E-state index contributed by atoms with van der Waals surface area (Å²) in [6.45, 7) is 4.40. The molecule has 9 heteroatoms. The zero-order valence-electron chi connectivity index (χ0n) is 18.5. The second-order valence-electron chi connectivity index (χ2n) is 8.27. The van der Waals surface area contributed by atoms with Crippen LogP contribution in [0.25, 0.3) is 0 Å².